The van der Waals surface area contributed by atoms with E-state index in [0.29, 0.717) is 17.9 Å². The molecule has 2 aliphatic rings. The molecule has 7 nitrogen and oxygen atoms in total. The molecule has 6 rings (SSSR count). The van der Waals surface area contributed by atoms with Crippen molar-refractivity contribution in [1.82, 2.24) is 30.0 Å². The van der Waals surface area contributed by atoms with Gasteiger partial charge >= 0.3 is 0 Å². The Balaban J connectivity index is 1.24. The largest absolute Gasteiger partial charge is 0.354 e. The normalized spacial score (nSPS) is 18.6. The number of nitrogens with zero attached hydrogens (tertiary/aromatic N) is 4. The van der Waals surface area contributed by atoms with Gasteiger partial charge in [-0.1, -0.05) is 19.9 Å². The van der Waals surface area contributed by atoms with E-state index >= 15 is 0 Å². The quantitative estimate of drug-likeness (QED) is 0.405. The van der Waals surface area contributed by atoms with Crippen molar-refractivity contribution in [3.8, 4) is 11.3 Å². The molecule has 0 unspecified atom stereocenters. The van der Waals surface area contributed by atoms with E-state index in [4.69, 9.17) is 0 Å². The highest BCUT2D eigenvalue weighted by Crippen LogP contribution is 2.40. The van der Waals surface area contributed by atoms with E-state index < -0.39 is 0 Å². The molecule has 3 aromatic heterocycles. The molecule has 0 radical (unpaired) electrons. The molecule has 0 atom stereocenters. The third-order valence-electron chi connectivity index (χ3n) is 8.49. The monoisotopic (exact) mass is 484 g/mol. The fraction of sp³-hybridized carbons (Fsp3) is 0.483. The summed E-state index contributed by atoms with van der Waals surface area (Å²) in [6.07, 6.45) is 8.35. The molecule has 1 amide bonds. The highest BCUT2D eigenvalue weighted by atomic mass is 16.2. The lowest BCUT2D eigenvalue weighted by Gasteiger charge is -2.41. The van der Waals surface area contributed by atoms with Gasteiger partial charge in [-0.15, -0.1) is 0 Å². The van der Waals surface area contributed by atoms with Crippen molar-refractivity contribution in [3.05, 3.63) is 47.8 Å². The molecule has 2 N–H and O–H groups in total. The number of amides is 1. The van der Waals surface area contributed by atoms with Gasteiger partial charge < -0.3 is 14.8 Å². The zero-order valence-electron chi connectivity index (χ0n) is 21.6. The number of hydrogen-bond donors (Lipinski definition) is 2. The van der Waals surface area contributed by atoms with Gasteiger partial charge in [-0.2, -0.15) is 5.10 Å². The Hall–Kier alpha value is -3.19. The number of pyridine rings is 1. The average molecular weight is 485 g/mol. The second kappa shape index (κ2) is 9.36. The van der Waals surface area contributed by atoms with Gasteiger partial charge in [0.2, 0.25) is 5.91 Å². The fourth-order valence-electron chi connectivity index (χ4n) is 6.51. The Morgan fingerprint density at radius 3 is 2.53 bits per heavy atom. The van der Waals surface area contributed by atoms with Crippen molar-refractivity contribution in [2.24, 2.45) is 0 Å². The molecule has 0 spiro atoms. The standard InChI is InChI=1S/C29H36N6O/c1-18(2)27-24-16-21(20-7-12-35(13-8-20)22-9-14-34(15-10-22)19(3)36)4-5-26(24)32-28(27)23-6-11-30-29-25(23)17-31-33-29/h4-6,11,16-18,20,22,32H,7-10,12-15H2,1-3H3,(H,30,31,33). The van der Waals surface area contributed by atoms with Gasteiger partial charge in [-0.25, -0.2) is 4.98 Å². The van der Waals surface area contributed by atoms with Crippen LogP contribution < -0.4 is 0 Å². The zero-order valence-corrected chi connectivity index (χ0v) is 21.6. The second-order valence-electron chi connectivity index (χ2n) is 10.9. The van der Waals surface area contributed by atoms with Crippen molar-refractivity contribution in [3.63, 3.8) is 0 Å². The highest BCUT2D eigenvalue weighted by molar-refractivity contribution is 5.98. The summed E-state index contributed by atoms with van der Waals surface area (Å²) in [4.78, 5) is 24.5. The van der Waals surface area contributed by atoms with Crippen molar-refractivity contribution in [1.29, 1.82) is 0 Å². The van der Waals surface area contributed by atoms with Gasteiger partial charge in [0.25, 0.3) is 0 Å². The number of aromatic amines is 2. The SMILES string of the molecule is CC(=O)N1CCC(N2CCC(c3ccc4[nH]c(-c5ccnc6[nH]ncc56)c(C(C)C)c4c3)CC2)CC1. The van der Waals surface area contributed by atoms with Crippen LogP contribution in [0.15, 0.2) is 36.7 Å². The average Bonchev–Trinajstić information content (AvgIpc) is 3.53. The predicted octanol–water partition coefficient (Wildman–Crippen LogP) is 5.42. The number of carbonyl (C=O) groups is 1. The van der Waals surface area contributed by atoms with Crippen molar-refractivity contribution < 1.29 is 4.79 Å². The minimum Gasteiger partial charge on any atom is -0.354 e. The first-order chi connectivity index (χ1) is 17.5. The third-order valence-corrected chi connectivity index (χ3v) is 8.49. The van der Waals surface area contributed by atoms with Crippen LogP contribution in [0.5, 0.6) is 0 Å². The number of hydrogen-bond acceptors (Lipinski definition) is 4. The maximum Gasteiger partial charge on any atom is 0.219 e. The summed E-state index contributed by atoms with van der Waals surface area (Å²) in [5.74, 6) is 1.21. The molecule has 2 aliphatic heterocycles. The van der Waals surface area contributed by atoms with E-state index in [0.717, 1.165) is 55.6 Å². The maximum atomic E-state index is 11.7. The summed E-state index contributed by atoms with van der Waals surface area (Å²) in [5.41, 5.74) is 7.18. The molecule has 2 fully saturated rings. The number of aromatic nitrogens is 4. The lowest BCUT2D eigenvalue weighted by Crippen LogP contribution is -2.48. The van der Waals surface area contributed by atoms with Crippen LogP contribution in [-0.4, -0.2) is 68.1 Å². The Kier molecular flexibility index (Phi) is 6.04. The Bertz CT molecular complexity index is 1390. The van der Waals surface area contributed by atoms with Crippen LogP contribution in [0.4, 0.5) is 0 Å². The minimum absolute atomic E-state index is 0.217. The van der Waals surface area contributed by atoms with E-state index in [2.05, 4.69) is 63.2 Å². The lowest BCUT2D eigenvalue weighted by atomic mass is 9.86. The maximum absolute atomic E-state index is 11.7. The number of benzene rings is 1. The van der Waals surface area contributed by atoms with Crippen LogP contribution in [0.3, 0.4) is 0 Å². The summed E-state index contributed by atoms with van der Waals surface area (Å²) >= 11 is 0. The number of fused-ring (bicyclic) bond motifs is 2. The summed E-state index contributed by atoms with van der Waals surface area (Å²) < 4.78 is 0. The Morgan fingerprint density at radius 1 is 1.03 bits per heavy atom. The van der Waals surface area contributed by atoms with Crippen molar-refractivity contribution in [2.75, 3.05) is 26.2 Å². The molecule has 36 heavy (non-hydrogen) atoms. The predicted molar refractivity (Wildman–Crippen MR) is 144 cm³/mol. The van der Waals surface area contributed by atoms with Crippen LogP contribution in [0.25, 0.3) is 33.2 Å². The topological polar surface area (TPSA) is 80.9 Å². The molecule has 1 aromatic carbocycles. The van der Waals surface area contributed by atoms with Gasteiger partial charge in [0.15, 0.2) is 5.65 Å². The van der Waals surface area contributed by atoms with Crippen LogP contribution in [0, 0.1) is 0 Å². The number of nitrogens with one attached hydrogen (secondary N) is 2. The van der Waals surface area contributed by atoms with E-state index in [1.54, 1.807) is 6.92 Å². The molecule has 7 heteroatoms. The Morgan fingerprint density at radius 2 is 1.81 bits per heavy atom. The number of likely N-dealkylation sites (tertiary alicyclic amines) is 2. The lowest BCUT2D eigenvalue weighted by molar-refractivity contribution is -0.130. The number of H-pyrrole nitrogens is 2. The van der Waals surface area contributed by atoms with Gasteiger partial charge in [-0.05, 0) is 79.9 Å². The second-order valence-corrected chi connectivity index (χ2v) is 10.9. The zero-order chi connectivity index (χ0) is 24.8. The first-order valence-electron chi connectivity index (χ1n) is 13.4. The van der Waals surface area contributed by atoms with Crippen LogP contribution >= 0.6 is 0 Å². The molecule has 0 bridgehead atoms. The third kappa shape index (κ3) is 4.09. The number of rotatable bonds is 4. The molecular formula is C29H36N6O. The van der Waals surface area contributed by atoms with Gasteiger partial charge in [0.1, 0.15) is 0 Å². The van der Waals surface area contributed by atoms with Crippen LogP contribution in [0.1, 0.15) is 69.4 Å². The smallest absolute Gasteiger partial charge is 0.219 e. The summed E-state index contributed by atoms with van der Waals surface area (Å²) in [5, 5.41) is 9.61. The van der Waals surface area contributed by atoms with E-state index in [9.17, 15) is 4.79 Å². The van der Waals surface area contributed by atoms with Gasteiger partial charge in [0, 0.05) is 54.1 Å². The molecule has 0 aliphatic carbocycles. The Labute approximate surface area is 212 Å². The number of piperidine rings is 2. The van der Waals surface area contributed by atoms with Gasteiger partial charge in [-0.3, -0.25) is 9.89 Å². The highest BCUT2D eigenvalue weighted by Gasteiger charge is 2.29. The molecular weight excluding hydrogens is 448 g/mol. The van der Waals surface area contributed by atoms with E-state index in [1.807, 2.05) is 17.3 Å². The first kappa shape index (κ1) is 23.2. The van der Waals surface area contributed by atoms with Gasteiger partial charge in [0.05, 0.1) is 11.9 Å². The minimum atomic E-state index is 0.217. The van der Waals surface area contributed by atoms with Crippen LogP contribution in [0.2, 0.25) is 0 Å². The molecule has 4 aromatic rings. The van der Waals surface area contributed by atoms with Crippen molar-refractivity contribution in [2.45, 2.75) is 64.3 Å². The number of carbonyl (C=O) groups excluding carboxylic acids is 1. The van der Waals surface area contributed by atoms with E-state index in [1.165, 1.54) is 40.6 Å². The molecule has 0 saturated carbocycles. The molecule has 2 saturated heterocycles. The molecule has 5 heterocycles. The van der Waals surface area contributed by atoms with Crippen LogP contribution in [-0.2, 0) is 4.79 Å². The summed E-state index contributed by atoms with van der Waals surface area (Å²) in [6.45, 7) is 10.4. The summed E-state index contributed by atoms with van der Waals surface area (Å²) in [7, 11) is 0. The fourth-order valence-corrected chi connectivity index (χ4v) is 6.51. The summed E-state index contributed by atoms with van der Waals surface area (Å²) in [6, 6.07) is 9.77. The van der Waals surface area contributed by atoms with E-state index in [-0.39, 0.29) is 5.91 Å². The molecule has 188 valence electrons. The first-order valence-corrected chi connectivity index (χ1v) is 13.4. The van der Waals surface area contributed by atoms with Crippen molar-refractivity contribution >= 4 is 27.8 Å².